The Bertz CT molecular complexity index is 663. The molecule has 1 aromatic rings. The van der Waals surface area contributed by atoms with Crippen LogP contribution in [0.3, 0.4) is 0 Å². The van der Waals surface area contributed by atoms with Gasteiger partial charge in [-0.3, -0.25) is 0 Å². The van der Waals surface area contributed by atoms with Gasteiger partial charge in [0.2, 0.25) is 0 Å². The maximum atomic E-state index is 4.76. The van der Waals surface area contributed by atoms with Gasteiger partial charge in [-0.15, -0.1) is 0 Å². The van der Waals surface area contributed by atoms with Gasteiger partial charge in [0.25, 0.3) is 0 Å². The van der Waals surface area contributed by atoms with Crippen LogP contribution in [0.4, 0.5) is 5.69 Å². The van der Waals surface area contributed by atoms with E-state index in [1.165, 1.54) is 11.1 Å². The zero-order valence-electron chi connectivity index (χ0n) is 14.2. The molecule has 0 saturated heterocycles. The van der Waals surface area contributed by atoms with Crippen molar-refractivity contribution in [2.24, 2.45) is 22.2 Å². The molecule has 1 aromatic carbocycles. The van der Waals surface area contributed by atoms with Gasteiger partial charge in [0, 0.05) is 16.3 Å². The van der Waals surface area contributed by atoms with Crippen LogP contribution in [0.2, 0.25) is 0 Å². The quantitative estimate of drug-likeness (QED) is 0.582. The van der Waals surface area contributed by atoms with Gasteiger partial charge in [0.05, 0.1) is 11.2 Å². The lowest BCUT2D eigenvalue weighted by atomic mass is 9.57. The summed E-state index contributed by atoms with van der Waals surface area (Å²) in [5, 5.41) is 11.5. The van der Waals surface area contributed by atoms with E-state index in [-0.39, 0.29) is 11.1 Å². The van der Waals surface area contributed by atoms with E-state index in [1.807, 2.05) is 0 Å². The summed E-state index contributed by atoms with van der Waals surface area (Å²) in [6, 6.07) is 8.35. The molecule has 118 valence electrons. The Labute approximate surface area is 141 Å². The Morgan fingerprint density at radius 1 is 1.00 bits per heavy atom. The molecular formula is C18H24BrN3. The summed E-state index contributed by atoms with van der Waals surface area (Å²) < 4.78 is 1.08. The van der Waals surface area contributed by atoms with Crippen molar-refractivity contribution >= 4 is 21.6 Å². The molecule has 4 unspecified atom stereocenters. The van der Waals surface area contributed by atoms with Crippen molar-refractivity contribution in [2.45, 2.75) is 52.6 Å². The molecule has 0 bridgehead atoms. The first-order chi connectivity index (χ1) is 10.2. The Hall–Kier alpha value is -1.16. The van der Waals surface area contributed by atoms with Gasteiger partial charge in [-0.25, -0.2) is 5.01 Å². The first kappa shape index (κ1) is 15.7. The number of nitrogens with zero attached hydrogens (tertiary/aromatic N) is 3. The van der Waals surface area contributed by atoms with Crippen LogP contribution in [-0.4, -0.2) is 11.1 Å². The number of halogens is 1. The monoisotopic (exact) mass is 361 g/mol. The van der Waals surface area contributed by atoms with Crippen molar-refractivity contribution in [1.29, 1.82) is 0 Å². The fraction of sp³-hybridized carbons (Fsp3) is 0.556. The molecule has 0 radical (unpaired) electrons. The standard InChI is InChI=1S/C18H24BrN3/c1-11-12(2)14(4)18(6)17(5,13(11)3)20-21-22(18)16-9-7-15(19)8-10-16/h7-10,13-14H,1-6H3. The van der Waals surface area contributed by atoms with Crippen LogP contribution in [0.5, 0.6) is 0 Å². The van der Waals surface area contributed by atoms with Crippen LogP contribution in [0.25, 0.3) is 0 Å². The maximum Gasteiger partial charge on any atom is 0.113 e. The number of benzene rings is 1. The number of anilines is 1. The summed E-state index contributed by atoms with van der Waals surface area (Å²) in [5.41, 5.74) is 3.68. The summed E-state index contributed by atoms with van der Waals surface area (Å²) in [7, 11) is 0. The highest BCUT2D eigenvalue weighted by atomic mass is 79.9. The third-order valence-corrected chi connectivity index (χ3v) is 7.01. The molecule has 1 aliphatic heterocycles. The van der Waals surface area contributed by atoms with Gasteiger partial charge >= 0.3 is 0 Å². The second kappa shape index (κ2) is 4.92. The van der Waals surface area contributed by atoms with Crippen molar-refractivity contribution in [3.8, 4) is 0 Å². The molecule has 4 heteroatoms. The van der Waals surface area contributed by atoms with Gasteiger partial charge in [-0.1, -0.05) is 46.1 Å². The molecule has 22 heavy (non-hydrogen) atoms. The third-order valence-electron chi connectivity index (χ3n) is 6.49. The van der Waals surface area contributed by atoms with Gasteiger partial charge in [-0.2, -0.15) is 5.11 Å². The lowest BCUT2D eigenvalue weighted by molar-refractivity contribution is 0.158. The molecule has 0 N–H and O–H groups in total. The molecule has 3 rings (SSSR count). The molecule has 1 heterocycles. The van der Waals surface area contributed by atoms with Crippen LogP contribution < -0.4 is 5.01 Å². The third kappa shape index (κ3) is 1.79. The smallest absolute Gasteiger partial charge is 0.113 e. The van der Waals surface area contributed by atoms with Crippen molar-refractivity contribution in [3.63, 3.8) is 0 Å². The van der Waals surface area contributed by atoms with E-state index in [2.05, 4.69) is 92.0 Å². The van der Waals surface area contributed by atoms with Gasteiger partial charge in [0.15, 0.2) is 0 Å². The highest BCUT2D eigenvalue weighted by molar-refractivity contribution is 9.10. The van der Waals surface area contributed by atoms with Gasteiger partial charge in [-0.05, 0) is 52.0 Å². The highest BCUT2D eigenvalue weighted by Crippen LogP contribution is 2.56. The van der Waals surface area contributed by atoms with Crippen molar-refractivity contribution in [1.82, 2.24) is 0 Å². The summed E-state index contributed by atoms with van der Waals surface area (Å²) in [6.07, 6.45) is 0. The number of fused-ring (bicyclic) bond motifs is 1. The first-order valence-corrected chi connectivity index (χ1v) is 8.68. The molecule has 1 aliphatic carbocycles. The SMILES string of the molecule is CC1=C(C)C(C)C2(C)N(c3ccc(Br)cc3)N=NC2(C)C1C. The Morgan fingerprint density at radius 3 is 2.14 bits per heavy atom. The van der Waals surface area contributed by atoms with E-state index in [9.17, 15) is 0 Å². The first-order valence-electron chi connectivity index (χ1n) is 7.89. The normalized spacial score (nSPS) is 37.7. The van der Waals surface area contributed by atoms with Crippen molar-refractivity contribution in [2.75, 3.05) is 5.01 Å². The zero-order chi connectivity index (χ0) is 16.3. The predicted octanol–water partition coefficient (Wildman–Crippen LogP) is 5.78. The van der Waals surface area contributed by atoms with Crippen molar-refractivity contribution in [3.05, 3.63) is 39.9 Å². The molecule has 0 saturated carbocycles. The molecule has 0 aromatic heterocycles. The summed E-state index contributed by atoms with van der Waals surface area (Å²) in [5.74, 6) is 0.783. The average molecular weight is 362 g/mol. The second-order valence-electron chi connectivity index (χ2n) is 7.08. The predicted molar refractivity (Wildman–Crippen MR) is 95.0 cm³/mol. The molecule has 0 fully saturated rings. The molecule has 4 atom stereocenters. The minimum absolute atomic E-state index is 0.149. The number of hydrogen-bond acceptors (Lipinski definition) is 3. The van der Waals surface area contributed by atoms with Crippen LogP contribution in [-0.2, 0) is 0 Å². The Kier molecular flexibility index (Phi) is 3.52. The Morgan fingerprint density at radius 2 is 1.55 bits per heavy atom. The van der Waals surface area contributed by atoms with Crippen LogP contribution in [0.1, 0.15) is 41.5 Å². The van der Waals surface area contributed by atoms with Crippen LogP contribution in [0, 0.1) is 11.8 Å². The van der Waals surface area contributed by atoms with Crippen LogP contribution >= 0.6 is 15.9 Å². The molecule has 0 spiro atoms. The van der Waals surface area contributed by atoms with Gasteiger partial charge < -0.3 is 0 Å². The lowest BCUT2D eigenvalue weighted by Crippen LogP contribution is -2.64. The van der Waals surface area contributed by atoms with E-state index in [0.717, 1.165) is 10.2 Å². The number of hydrogen-bond donors (Lipinski definition) is 0. The number of rotatable bonds is 1. The maximum absolute atomic E-state index is 4.76. The van der Waals surface area contributed by atoms with E-state index in [4.69, 9.17) is 5.11 Å². The zero-order valence-corrected chi connectivity index (χ0v) is 15.8. The average Bonchev–Trinajstić information content (AvgIpc) is 2.79. The van der Waals surface area contributed by atoms with E-state index in [0.29, 0.717) is 11.8 Å². The van der Waals surface area contributed by atoms with E-state index >= 15 is 0 Å². The highest BCUT2D eigenvalue weighted by Gasteiger charge is 2.62. The minimum Gasteiger partial charge on any atom is -0.238 e. The fourth-order valence-corrected chi connectivity index (χ4v) is 4.39. The van der Waals surface area contributed by atoms with E-state index in [1.54, 1.807) is 0 Å². The van der Waals surface area contributed by atoms with E-state index < -0.39 is 0 Å². The molecular weight excluding hydrogens is 338 g/mol. The molecule has 3 nitrogen and oxygen atoms in total. The second-order valence-corrected chi connectivity index (χ2v) is 8.00. The Balaban J connectivity index is 2.15. The topological polar surface area (TPSA) is 28.0 Å². The fourth-order valence-electron chi connectivity index (χ4n) is 4.12. The summed E-state index contributed by atoms with van der Waals surface area (Å²) in [6.45, 7) is 13.7. The van der Waals surface area contributed by atoms with Crippen LogP contribution in [0.15, 0.2) is 50.2 Å². The largest absolute Gasteiger partial charge is 0.238 e. The van der Waals surface area contributed by atoms with Crippen molar-refractivity contribution < 1.29 is 0 Å². The van der Waals surface area contributed by atoms with Gasteiger partial charge in [0.1, 0.15) is 5.54 Å². The lowest BCUT2D eigenvalue weighted by Gasteiger charge is -2.53. The minimum atomic E-state index is -0.205. The molecule has 2 aliphatic rings. The summed E-state index contributed by atoms with van der Waals surface area (Å²) in [4.78, 5) is 0. The molecule has 0 amide bonds. The summed E-state index contributed by atoms with van der Waals surface area (Å²) >= 11 is 3.51.